The molecule has 2 aromatic heterocycles. The van der Waals surface area contributed by atoms with Crippen molar-refractivity contribution in [1.82, 2.24) is 19.3 Å². The smallest absolute Gasteiger partial charge is 0.235 e. The summed E-state index contributed by atoms with van der Waals surface area (Å²) in [6, 6.07) is 28.0. The van der Waals surface area contributed by atoms with Gasteiger partial charge in [0, 0.05) is 56.4 Å². The molecule has 0 saturated heterocycles. The van der Waals surface area contributed by atoms with Crippen molar-refractivity contribution in [2.75, 3.05) is 19.0 Å². The van der Waals surface area contributed by atoms with Crippen LogP contribution in [0.3, 0.4) is 0 Å². The Morgan fingerprint density at radius 2 is 1.60 bits per heavy atom. The molecule has 1 N–H and O–H groups in total. The van der Waals surface area contributed by atoms with Gasteiger partial charge in [0.2, 0.25) is 5.91 Å². The number of hydrogen-bond acceptors (Lipinski definition) is 5. The fourth-order valence-corrected chi connectivity index (χ4v) is 8.59. The summed E-state index contributed by atoms with van der Waals surface area (Å²) in [6.45, 7) is 13.1. The predicted molar refractivity (Wildman–Crippen MR) is 215 cm³/mol. The number of nitrogens with one attached hydrogen (secondary N) is 1. The van der Waals surface area contributed by atoms with Crippen LogP contribution in [-0.4, -0.2) is 47.0 Å². The van der Waals surface area contributed by atoms with Crippen molar-refractivity contribution in [3.05, 3.63) is 119 Å². The maximum absolute atomic E-state index is 14.7. The second kappa shape index (κ2) is 15.9. The highest BCUT2D eigenvalue weighted by Crippen LogP contribution is 2.55. The van der Waals surface area contributed by atoms with Crippen LogP contribution in [0.4, 0.5) is 5.69 Å². The van der Waals surface area contributed by atoms with E-state index in [4.69, 9.17) is 19.6 Å². The fourth-order valence-electron chi connectivity index (χ4n) is 7.84. The second-order valence-corrected chi connectivity index (χ2v) is 22.0. The lowest BCUT2D eigenvalue weighted by Gasteiger charge is -2.27. The van der Waals surface area contributed by atoms with E-state index >= 15 is 0 Å². The number of ether oxygens (including phenoxy) is 2. The molecule has 1 amide bonds. The van der Waals surface area contributed by atoms with Gasteiger partial charge in [0.25, 0.3) is 0 Å². The van der Waals surface area contributed by atoms with Gasteiger partial charge < -0.3 is 19.4 Å². The highest BCUT2D eigenvalue weighted by Gasteiger charge is 2.49. The SMILES string of the molecule is COc1ccccc1Cc1cn(Cc2ccccc2)c(C(C(=O)Nc2ccc(-c3c(C)nn(COCC[Si](C)(C)C)c3C)cc2)C(C2CC2)C2CC2)n1. The van der Waals surface area contributed by atoms with E-state index in [-0.39, 0.29) is 17.7 Å². The number of rotatable bonds is 17. The molecule has 8 nitrogen and oxygen atoms in total. The second-order valence-electron chi connectivity index (χ2n) is 16.4. The van der Waals surface area contributed by atoms with Gasteiger partial charge in [0.15, 0.2) is 0 Å². The minimum atomic E-state index is -1.15. The average molecular weight is 730 g/mol. The summed E-state index contributed by atoms with van der Waals surface area (Å²) in [4.78, 5) is 20.1. The first-order valence-electron chi connectivity index (χ1n) is 19.3. The van der Waals surface area contributed by atoms with Gasteiger partial charge in [-0.25, -0.2) is 9.67 Å². The van der Waals surface area contributed by atoms with Crippen molar-refractivity contribution >= 4 is 19.7 Å². The van der Waals surface area contributed by atoms with Crippen LogP contribution in [0.2, 0.25) is 25.7 Å². The van der Waals surface area contributed by atoms with Crippen LogP contribution in [0, 0.1) is 31.6 Å². The summed E-state index contributed by atoms with van der Waals surface area (Å²) in [5, 5.41) is 8.17. The lowest BCUT2D eigenvalue weighted by molar-refractivity contribution is -0.119. The molecule has 0 spiro atoms. The third-order valence-corrected chi connectivity index (χ3v) is 12.6. The van der Waals surface area contributed by atoms with Gasteiger partial charge in [-0.15, -0.1) is 0 Å². The molecular formula is C44H55N5O3Si. The largest absolute Gasteiger partial charge is 0.496 e. The topological polar surface area (TPSA) is 83.2 Å². The van der Waals surface area contributed by atoms with E-state index < -0.39 is 8.07 Å². The molecule has 3 aromatic carbocycles. The summed E-state index contributed by atoms with van der Waals surface area (Å²) in [6.07, 6.45) is 7.52. The molecule has 1 unspecified atom stereocenters. The molecule has 2 fully saturated rings. The fraction of sp³-hybridized carbons (Fsp3) is 0.432. The number of carbonyl (C=O) groups is 1. The molecule has 7 rings (SSSR count). The molecular weight excluding hydrogens is 675 g/mol. The van der Waals surface area contributed by atoms with Crippen molar-refractivity contribution in [1.29, 1.82) is 0 Å². The summed E-state index contributed by atoms with van der Waals surface area (Å²) in [5.74, 6) is 2.78. The van der Waals surface area contributed by atoms with Crippen molar-refractivity contribution < 1.29 is 14.3 Å². The average Bonchev–Trinajstić information content (AvgIpc) is 4.08. The third-order valence-electron chi connectivity index (χ3n) is 10.9. The van der Waals surface area contributed by atoms with Crippen LogP contribution >= 0.6 is 0 Å². The molecule has 0 aliphatic heterocycles. The number of para-hydroxylation sites is 1. The van der Waals surface area contributed by atoms with E-state index in [1.54, 1.807) is 7.11 Å². The van der Waals surface area contributed by atoms with Crippen LogP contribution in [0.5, 0.6) is 5.75 Å². The van der Waals surface area contributed by atoms with E-state index in [9.17, 15) is 4.79 Å². The van der Waals surface area contributed by atoms with Crippen LogP contribution in [0.1, 0.15) is 65.6 Å². The molecule has 2 saturated carbocycles. The van der Waals surface area contributed by atoms with Crippen LogP contribution in [0.15, 0.2) is 85.1 Å². The molecule has 9 heteroatoms. The number of hydrogen-bond donors (Lipinski definition) is 1. The Balaban J connectivity index is 1.16. The van der Waals surface area contributed by atoms with Crippen molar-refractivity contribution in [3.63, 3.8) is 0 Å². The normalized spacial score (nSPS) is 15.2. The molecule has 278 valence electrons. The molecule has 0 bridgehead atoms. The molecule has 1 atom stereocenters. The Bertz CT molecular complexity index is 1990. The minimum absolute atomic E-state index is 0.0287. The maximum atomic E-state index is 14.7. The number of anilines is 1. The van der Waals surface area contributed by atoms with Crippen LogP contribution in [0.25, 0.3) is 11.1 Å². The lowest BCUT2D eigenvalue weighted by atomic mass is 9.82. The summed E-state index contributed by atoms with van der Waals surface area (Å²) in [7, 11) is 0.558. The number of methoxy groups -OCH3 is 1. The van der Waals surface area contributed by atoms with E-state index in [0.29, 0.717) is 31.5 Å². The molecule has 2 aliphatic carbocycles. The van der Waals surface area contributed by atoms with Gasteiger partial charge >= 0.3 is 0 Å². The first kappa shape index (κ1) is 36.9. The summed E-state index contributed by atoms with van der Waals surface area (Å²) >= 11 is 0. The zero-order valence-corrected chi connectivity index (χ0v) is 33.3. The zero-order valence-electron chi connectivity index (χ0n) is 32.3. The highest BCUT2D eigenvalue weighted by atomic mass is 28.3. The molecule has 5 aromatic rings. The lowest BCUT2D eigenvalue weighted by Crippen LogP contribution is -2.32. The number of imidazole rings is 1. The summed E-state index contributed by atoms with van der Waals surface area (Å²) < 4.78 is 15.9. The highest BCUT2D eigenvalue weighted by molar-refractivity contribution is 6.76. The van der Waals surface area contributed by atoms with Gasteiger partial charge in [0.1, 0.15) is 18.3 Å². The molecule has 2 heterocycles. The number of nitrogens with zero attached hydrogens (tertiary/aromatic N) is 4. The van der Waals surface area contributed by atoms with E-state index in [1.165, 1.54) is 31.2 Å². The van der Waals surface area contributed by atoms with Crippen molar-refractivity contribution in [2.24, 2.45) is 17.8 Å². The van der Waals surface area contributed by atoms with Gasteiger partial charge in [-0.1, -0.05) is 80.3 Å². The Morgan fingerprint density at radius 3 is 2.26 bits per heavy atom. The monoisotopic (exact) mass is 729 g/mol. The van der Waals surface area contributed by atoms with Crippen molar-refractivity contribution in [2.45, 2.75) is 90.8 Å². The van der Waals surface area contributed by atoms with Crippen molar-refractivity contribution in [3.8, 4) is 16.9 Å². The maximum Gasteiger partial charge on any atom is 0.235 e. The van der Waals surface area contributed by atoms with E-state index in [1.807, 2.05) is 41.1 Å². The minimum Gasteiger partial charge on any atom is -0.496 e. The number of benzene rings is 3. The zero-order chi connectivity index (χ0) is 37.1. The predicted octanol–water partition coefficient (Wildman–Crippen LogP) is 9.48. The van der Waals surface area contributed by atoms with Gasteiger partial charge in [-0.05, 0) is 92.7 Å². The standard InChI is InChI=1S/C44H55N5O3Si/c1-30-40(31(2)49(47-30)29-52-24-25-53(4,5)6)33-20-22-37(23-21-33)46-44(50)42(41(34-16-17-34)35-18-19-35)43-45-38(26-36-14-10-11-15-39(36)51-3)28-48(43)27-32-12-8-7-9-13-32/h7-15,20-23,28,34-35,41-42H,16-19,24-27,29H2,1-6H3,(H,46,50). The number of amides is 1. The molecule has 53 heavy (non-hydrogen) atoms. The third kappa shape index (κ3) is 9.02. The van der Waals surface area contributed by atoms with Crippen LogP contribution in [-0.2, 0) is 29.2 Å². The van der Waals surface area contributed by atoms with Gasteiger partial charge in [-0.3, -0.25) is 4.79 Å². The number of aryl methyl sites for hydroxylation is 1. The number of aromatic nitrogens is 4. The van der Waals surface area contributed by atoms with Gasteiger partial charge in [0.05, 0.1) is 24.4 Å². The van der Waals surface area contributed by atoms with Gasteiger partial charge in [-0.2, -0.15) is 5.10 Å². The van der Waals surface area contributed by atoms with E-state index in [2.05, 4.69) is 92.0 Å². The van der Waals surface area contributed by atoms with E-state index in [0.717, 1.165) is 63.7 Å². The summed E-state index contributed by atoms with van der Waals surface area (Å²) in [5.41, 5.74) is 8.25. The Kier molecular flexibility index (Phi) is 11.0. The Morgan fingerprint density at radius 1 is 0.925 bits per heavy atom. The molecule has 2 aliphatic rings. The first-order chi connectivity index (χ1) is 25.6. The number of carbonyl (C=O) groups excluding carboxylic acids is 1. The Labute approximate surface area is 316 Å². The quantitative estimate of drug-likeness (QED) is 0.0762. The Hall–Kier alpha value is -4.47. The van der Waals surface area contributed by atoms with Crippen LogP contribution < -0.4 is 10.1 Å². The first-order valence-corrected chi connectivity index (χ1v) is 23.0. The molecule has 0 radical (unpaired) electrons.